The molecule has 2 aromatic carbocycles. The Hall–Kier alpha value is -3.53. The molecule has 0 saturated heterocycles. The summed E-state index contributed by atoms with van der Waals surface area (Å²) in [5.74, 6) is -0.544. The molecule has 0 amide bonds. The van der Waals surface area contributed by atoms with Crippen LogP contribution in [0.2, 0.25) is 0 Å². The number of allylic oxidation sites excluding steroid dienone is 1. The molecule has 2 aromatic heterocycles. The SMILES string of the molecule is O=C(/C=C/c1ccccc1F)c1ccn2cc(-c3ccccc3)ncc12. The van der Waals surface area contributed by atoms with Crippen LogP contribution in [0, 0.1) is 5.82 Å². The van der Waals surface area contributed by atoms with Crippen molar-refractivity contribution in [1.29, 1.82) is 0 Å². The molecule has 0 aliphatic carbocycles. The van der Waals surface area contributed by atoms with Gasteiger partial charge < -0.3 is 4.40 Å². The molecule has 0 N–H and O–H groups in total. The minimum Gasteiger partial charge on any atom is -0.320 e. The molecule has 0 aliphatic heterocycles. The second-order valence-corrected chi connectivity index (χ2v) is 5.88. The maximum Gasteiger partial charge on any atom is 0.188 e. The number of nitrogens with zero attached hydrogens (tertiary/aromatic N) is 2. The van der Waals surface area contributed by atoms with E-state index in [1.54, 1.807) is 30.5 Å². The van der Waals surface area contributed by atoms with E-state index in [1.165, 1.54) is 18.2 Å². The number of fused-ring (bicyclic) bond motifs is 1. The number of benzene rings is 2. The molecule has 4 rings (SSSR count). The first-order valence-electron chi connectivity index (χ1n) is 8.21. The quantitative estimate of drug-likeness (QED) is 0.385. The van der Waals surface area contributed by atoms with E-state index in [-0.39, 0.29) is 11.6 Å². The van der Waals surface area contributed by atoms with Crippen LogP contribution >= 0.6 is 0 Å². The topological polar surface area (TPSA) is 34.4 Å². The number of carbonyl (C=O) groups is 1. The van der Waals surface area contributed by atoms with Gasteiger partial charge in [-0.1, -0.05) is 48.5 Å². The highest BCUT2D eigenvalue weighted by molar-refractivity contribution is 6.11. The third kappa shape index (κ3) is 3.05. The summed E-state index contributed by atoms with van der Waals surface area (Å²) < 4.78 is 15.5. The third-order valence-electron chi connectivity index (χ3n) is 4.20. The molecule has 0 radical (unpaired) electrons. The molecule has 126 valence electrons. The van der Waals surface area contributed by atoms with Gasteiger partial charge in [-0.05, 0) is 24.3 Å². The van der Waals surface area contributed by atoms with Crippen molar-refractivity contribution in [3.63, 3.8) is 0 Å². The molecule has 0 atom stereocenters. The second kappa shape index (κ2) is 6.76. The second-order valence-electron chi connectivity index (χ2n) is 5.88. The van der Waals surface area contributed by atoms with E-state index in [4.69, 9.17) is 0 Å². The number of hydrogen-bond acceptors (Lipinski definition) is 2. The number of ketones is 1. The van der Waals surface area contributed by atoms with Crippen LogP contribution in [0.15, 0.2) is 85.3 Å². The van der Waals surface area contributed by atoms with Gasteiger partial charge in [0.1, 0.15) is 5.82 Å². The lowest BCUT2D eigenvalue weighted by Gasteiger charge is -2.03. The monoisotopic (exact) mass is 342 g/mol. The largest absolute Gasteiger partial charge is 0.320 e. The van der Waals surface area contributed by atoms with E-state index in [0.29, 0.717) is 16.6 Å². The van der Waals surface area contributed by atoms with Gasteiger partial charge in [-0.2, -0.15) is 0 Å². The van der Waals surface area contributed by atoms with Crippen molar-refractivity contribution in [2.24, 2.45) is 0 Å². The van der Waals surface area contributed by atoms with Gasteiger partial charge in [0.15, 0.2) is 5.78 Å². The Morgan fingerprint density at radius 1 is 1.00 bits per heavy atom. The number of halogens is 1. The molecule has 4 heteroatoms. The minimum atomic E-state index is -0.354. The fourth-order valence-electron chi connectivity index (χ4n) is 2.84. The van der Waals surface area contributed by atoms with Gasteiger partial charge in [0.2, 0.25) is 0 Å². The number of carbonyl (C=O) groups excluding carboxylic acids is 1. The van der Waals surface area contributed by atoms with Crippen LogP contribution in [0.5, 0.6) is 0 Å². The Kier molecular flexibility index (Phi) is 4.15. The van der Waals surface area contributed by atoms with E-state index in [2.05, 4.69) is 4.98 Å². The molecule has 0 bridgehead atoms. The number of aromatic nitrogens is 2. The Labute approximate surface area is 150 Å². The third-order valence-corrected chi connectivity index (χ3v) is 4.20. The summed E-state index contributed by atoms with van der Waals surface area (Å²) in [6.07, 6.45) is 8.29. The molecular formula is C22H15FN2O. The fourth-order valence-corrected chi connectivity index (χ4v) is 2.84. The van der Waals surface area contributed by atoms with E-state index in [1.807, 2.05) is 47.1 Å². The van der Waals surface area contributed by atoms with Crippen LogP contribution in [0.25, 0.3) is 22.9 Å². The highest BCUT2D eigenvalue weighted by Gasteiger charge is 2.10. The van der Waals surface area contributed by atoms with Crippen LogP contribution in [0.4, 0.5) is 4.39 Å². The van der Waals surface area contributed by atoms with Crippen molar-refractivity contribution in [1.82, 2.24) is 9.38 Å². The lowest BCUT2D eigenvalue weighted by atomic mass is 10.1. The van der Waals surface area contributed by atoms with Crippen LogP contribution in [0.3, 0.4) is 0 Å². The van der Waals surface area contributed by atoms with Crippen LogP contribution in [-0.2, 0) is 0 Å². The van der Waals surface area contributed by atoms with Crippen molar-refractivity contribution in [3.8, 4) is 11.3 Å². The van der Waals surface area contributed by atoms with Gasteiger partial charge in [0, 0.05) is 29.1 Å². The highest BCUT2D eigenvalue weighted by atomic mass is 19.1. The summed E-state index contributed by atoms with van der Waals surface area (Å²) in [5, 5.41) is 0. The van der Waals surface area contributed by atoms with Gasteiger partial charge in [0.25, 0.3) is 0 Å². The molecule has 0 unspecified atom stereocenters. The summed E-state index contributed by atoms with van der Waals surface area (Å²) in [4.78, 5) is 17.0. The predicted octanol–water partition coefficient (Wildman–Crippen LogP) is 5.04. The van der Waals surface area contributed by atoms with Gasteiger partial charge in [-0.15, -0.1) is 0 Å². The Morgan fingerprint density at radius 2 is 1.77 bits per heavy atom. The maximum atomic E-state index is 13.7. The zero-order valence-corrected chi connectivity index (χ0v) is 13.8. The molecule has 4 aromatic rings. The summed E-state index contributed by atoms with van der Waals surface area (Å²) >= 11 is 0. The van der Waals surface area contributed by atoms with Crippen molar-refractivity contribution in [2.75, 3.05) is 0 Å². The number of hydrogen-bond donors (Lipinski definition) is 0. The Morgan fingerprint density at radius 3 is 2.58 bits per heavy atom. The molecule has 3 nitrogen and oxygen atoms in total. The first-order valence-corrected chi connectivity index (χ1v) is 8.21. The minimum absolute atomic E-state index is 0.190. The lowest BCUT2D eigenvalue weighted by Crippen LogP contribution is -1.96. The zero-order chi connectivity index (χ0) is 17.9. The average molecular weight is 342 g/mol. The van der Waals surface area contributed by atoms with Crippen molar-refractivity contribution in [2.45, 2.75) is 0 Å². The van der Waals surface area contributed by atoms with E-state index >= 15 is 0 Å². The first kappa shape index (κ1) is 16.0. The van der Waals surface area contributed by atoms with Gasteiger partial charge in [-0.3, -0.25) is 9.78 Å². The lowest BCUT2D eigenvalue weighted by molar-refractivity contribution is 0.104. The predicted molar refractivity (Wildman–Crippen MR) is 100 cm³/mol. The van der Waals surface area contributed by atoms with E-state index in [0.717, 1.165) is 11.3 Å². The molecule has 2 heterocycles. The molecule has 26 heavy (non-hydrogen) atoms. The first-order chi connectivity index (χ1) is 12.7. The molecule has 0 saturated carbocycles. The van der Waals surface area contributed by atoms with Crippen molar-refractivity contribution >= 4 is 17.4 Å². The summed E-state index contributed by atoms with van der Waals surface area (Å²) in [7, 11) is 0. The van der Waals surface area contributed by atoms with Crippen LogP contribution in [-0.4, -0.2) is 15.2 Å². The summed E-state index contributed by atoms with van der Waals surface area (Å²) in [6.45, 7) is 0. The summed E-state index contributed by atoms with van der Waals surface area (Å²) in [6, 6.07) is 17.9. The maximum absolute atomic E-state index is 13.7. The van der Waals surface area contributed by atoms with Crippen LogP contribution < -0.4 is 0 Å². The molecule has 0 spiro atoms. The van der Waals surface area contributed by atoms with Gasteiger partial charge >= 0.3 is 0 Å². The molecule has 0 aliphatic rings. The summed E-state index contributed by atoms with van der Waals surface area (Å²) in [5.41, 5.74) is 3.47. The fraction of sp³-hybridized carbons (Fsp3) is 0. The standard InChI is InChI=1S/C22H15FN2O/c23-19-9-5-4-6-16(19)10-11-22(26)18-12-13-25-15-20(24-14-21(18)25)17-7-2-1-3-8-17/h1-15H/b11-10+. The van der Waals surface area contributed by atoms with Crippen molar-refractivity contribution in [3.05, 3.63) is 102 Å². The van der Waals surface area contributed by atoms with Gasteiger partial charge in [0.05, 0.1) is 17.4 Å². The van der Waals surface area contributed by atoms with E-state index < -0.39 is 0 Å². The van der Waals surface area contributed by atoms with Crippen LogP contribution in [0.1, 0.15) is 15.9 Å². The highest BCUT2D eigenvalue weighted by Crippen LogP contribution is 2.20. The number of rotatable bonds is 4. The Bertz CT molecular complexity index is 1110. The Balaban J connectivity index is 1.65. The van der Waals surface area contributed by atoms with E-state index in [9.17, 15) is 9.18 Å². The smallest absolute Gasteiger partial charge is 0.188 e. The average Bonchev–Trinajstić information content (AvgIpc) is 3.11. The zero-order valence-electron chi connectivity index (χ0n) is 13.8. The van der Waals surface area contributed by atoms with Crippen molar-refractivity contribution < 1.29 is 9.18 Å². The molecule has 0 fully saturated rings. The normalized spacial score (nSPS) is 11.3. The van der Waals surface area contributed by atoms with Gasteiger partial charge in [-0.25, -0.2) is 4.39 Å². The molecular weight excluding hydrogens is 327 g/mol.